The average Bonchev–Trinajstić information content (AvgIpc) is 2.96. The number of nitrogens with one attached hydrogen (secondary N) is 1. The quantitative estimate of drug-likeness (QED) is 0.806. The van der Waals surface area contributed by atoms with Crippen LogP contribution in [0.4, 0.5) is 5.69 Å². The summed E-state index contributed by atoms with van der Waals surface area (Å²) in [7, 11) is 0. The molecule has 110 valence electrons. The Balaban J connectivity index is 1.79. The van der Waals surface area contributed by atoms with Gasteiger partial charge in [-0.25, -0.2) is 4.68 Å². The number of carbonyl (C=O) groups excluding carboxylic acids is 1. The maximum absolute atomic E-state index is 12.3. The summed E-state index contributed by atoms with van der Waals surface area (Å²) < 4.78 is 1.72. The highest BCUT2D eigenvalue weighted by atomic mass is 16.1. The molecular weight excluding hydrogens is 276 g/mol. The smallest absolute Gasteiger partial charge is 0.257 e. The molecule has 0 saturated carbocycles. The van der Waals surface area contributed by atoms with E-state index < -0.39 is 0 Å². The summed E-state index contributed by atoms with van der Waals surface area (Å²) in [5.74, 6) is -0.183. The molecule has 5 nitrogen and oxygen atoms in total. The summed E-state index contributed by atoms with van der Waals surface area (Å²) in [6.45, 7) is 3.73. The SMILES string of the molecule is Cc1ccc(C(=O)Nc2cnn(-c3ccccc3)c2)c(C)n1. The molecule has 0 atom stereocenters. The van der Waals surface area contributed by atoms with Crippen LogP contribution in [-0.4, -0.2) is 20.7 Å². The van der Waals surface area contributed by atoms with Crippen molar-refractivity contribution < 1.29 is 4.79 Å². The van der Waals surface area contributed by atoms with Crippen molar-refractivity contribution in [3.63, 3.8) is 0 Å². The number of carbonyl (C=O) groups is 1. The average molecular weight is 292 g/mol. The molecule has 0 saturated heterocycles. The molecule has 0 radical (unpaired) electrons. The number of anilines is 1. The molecular formula is C17H16N4O. The number of hydrogen-bond acceptors (Lipinski definition) is 3. The molecule has 0 unspecified atom stereocenters. The second-order valence-corrected chi connectivity index (χ2v) is 5.05. The fourth-order valence-electron chi connectivity index (χ4n) is 2.23. The van der Waals surface area contributed by atoms with Gasteiger partial charge in [0, 0.05) is 5.69 Å². The number of hydrogen-bond donors (Lipinski definition) is 1. The van der Waals surface area contributed by atoms with Crippen molar-refractivity contribution in [1.29, 1.82) is 0 Å². The van der Waals surface area contributed by atoms with Gasteiger partial charge in [0.1, 0.15) is 0 Å². The summed E-state index contributed by atoms with van der Waals surface area (Å²) in [5, 5.41) is 7.10. The van der Waals surface area contributed by atoms with Crippen LogP contribution in [0.25, 0.3) is 5.69 Å². The van der Waals surface area contributed by atoms with Crippen molar-refractivity contribution in [3.05, 3.63) is 71.8 Å². The number of pyridine rings is 1. The van der Waals surface area contributed by atoms with E-state index in [0.717, 1.165) is 11.4 Å². The molecule has 2 aromatic heterocycles. The van der Waals surface area contributed by atoms with Gasteiger partial charge in [-0.3, -0.25) is 9.78 Å². The van der Waals surface area contributed by atoms with Crippen LogP contribution in [0.15, 0.2) is 54.9 Å². The highest BCUT2D eigenvalue weighted by Gasteiger charge is 2.11. The number of aromatic nitrogens is 3. The summed E-state index contributed by atoms with van der Waals surface area (Å²) in [5.41, 5.74) is 3.77. The van der Waals surface area contributed by atoms with E-state index in [-0.39, 0.29) is 5.91 Å². The van der Waals surface area contributed by atoms with Crippen molar-refractivity contribution in [2.24, 2.45) is 0 Å². The predicted octanol–water partition coefficient (Wildman–Crippen LogP) is 3.14. The third-order valence-corrected chi connectivity index (χ3v) is 3.33. The number of nitrogens with zero attached hydrogens (tertiary/aromatic N) is 3. The van der Waals surface area contributed by atoms with Gasteiger partial charge >= 0.3 is 0 Å². The Labute approximate surface area is 128 Å². The summed E-state index contributed by atoms with van der Waals surface area (Å²) in [4.78, 5) is 16.6. The Bertz CT molecular complexity index is 809. The molecule has 0 fully saturated rings. The molecule has 0 spiro atoms. The van der Waals surface area contributed by atoms with Crippen LogP contribution >= 0.6 is 0 Å². The molecule has 0 aliphatic heterocycles. The zero-order valence-electron chi connectivity index (χ0n) is 12.4. The molecule has 0 aliphatic carbocycles. The van der Waals surface area contributed by atoms with Crippen LogP contribution in [0.2, 0.25) is 0 Å². The van der Waals surface area contributed by atoms with E-state index in [2.05, 4.69) is 15.4 Å². The summed E-state index contributed by atoms with van der Waals surface area (Å²) in [6, 6.07) is 13.3. The summed E-state index contributed by atoms with van der Waals surface area (Å²) >= 11 is 0. The topological polar surface area (TPSA) is 59.8 Å². The standard InChI is InChI=1S/C17H16N4O/c1-12-8-9-16(13(2)19-12)17(22)20-14-10-18-21(11-14)15-6-4-3-5-7-15/h3-11H,1-2H3,(H,20,22). The van der Waals surface area contributed by atoms with E-state index in [1.165, 1.54) is 0 Å². The molecule has 2 heterocycles. The number of rotatable bonds is 3. The van der Waals surface area contributed by atoms with Gasteiger partial charge in [-0.05, 0) is 38.1 Å². The molecule has 3 aromatic rings. The highest BCUT2D eigenvalue weighted by Crippen LogP contribution is 2.14. The Morgan fingerprint density at radius 1 is 1.09 bits per heavy atom. The Morgan fingerprint density at radius 3 is 2.59 bits per heavy atom. The predicted molar refractivity (Wildman–Crippen MR) is 85.2 cm³/mol. The van der Waals surface area contributed by atoms with Gasteiger partial charge in [0.05, 0.1) is 35.0 Å². The van der Waals surface area contributed by atoms with E-state index in [4.69, 9.17) is 0 Å². The van der Waals surface area contributed by atoms with Crippen molar-refractivity contribution in [3.8, 4) is 5.69 Å². The van der Waals surface area contributed by atoms with Gasteiger partial charge in [0.15, 0.2) is 0 Å². The number of amides is 1. The zero-order valence-corrected chi connectivity index (χ0v) is 12.4. The molecule has 1 aromatic carbocycles. The van der Waals surface area contributed by atoms with Crippen LogP contribution < -0.4 is 5.32 Å². The first-order valence-electron chi connectivity index (χ1n) is 6.99. The first-order valence-corrected chi connectivity index (χ1v) is 6.99. The van der Waals surface area contributed by atoms with Gasteiger partial charge < -0.3 is 5.32 Å². The lowest BCUT2D eigenvalue weighted by Crippen LogP contribution is -2.14. The first-order chi connectivity index (χ1) is 10.6. The first kappa shape index (κ1) is 14.0. The van der Waals surface area contributed by atoms with Gasteiger partial charge in [0.25, 0.3) is 5.91 Å². The number of aryl methyl sites for hydroxylation is 2. The van der Waals surface area contributed by atoms with Gasteiger partial charge in [-0.2, -0.15) is 5.10 Å². The fraction of sp³-hybridized carbons (Fsp3) is 0.118. The minimum atomic E-state index is -0.183. The fourth-order valence-corrected chi connectivity index (χ4v) is 2.23. The van der Waals surface area contributed by atoms with Crippen molar-refractivity contribution >= 4 is 11.6 Å². The Morgan fingerprint density at radius 2 is 1.86 bits per heavy atom. The van der Waals surface area contributed by atoms with E-state index >= 15 is 0 Å². The highest BCUT2D eigenvalue weighted by molar-refractivity contribution is 6.04. The third kappa shape index (κ3) is 2.88. The molecule has 1 amide bonds. The molecule has 22 heavy (non-hydrogen) atoms. The summed E-state index contributed by atoms with van der Waals surface area (Å²) in [6.07, 6.45) is 3.41. The van der Waals surface area contributed by atoms with Crippen LogP contribution in [0, 0.1) is 13.8 Å². The second-order valence-electron chi connectivity index (χ2n) is 5.05. The Hall–Kier alpha value is -2.95. The van der Waals surface area contributed by atoms with Crippen LogP contribution in [0.1, 0.15) is 21.7 Å². The van der Waals surface area contributed by atoms with Gasteiger partial charge in [-0.15, -0.1) is 0 Å². The third-order valence-electron chi connectivity index (χ3n) is 3.33. The van der Waals surface area contributed by atoms with Crippen molar-refractivity contribution in [2.75, 3.05) is 5.32 Å². The van der Waals surface area contributed by atoms with E-state index in [1.807, 2.05) is 50.2 Å². The van der Waals surface area contributed by atoms with Crippen molar-refractivity contribution in [2.45, 2.75) is 13.8 Å². The molecule has 1 N–H and O–H groups in total. The molecule has 3 rings (SSSR count). The lowest BCUT2D eigenvalue weighted by Gasteiger charge is -2.06. The minimum Gasteiger partial charge on any atom is -0.319 e. The normalized spacial score (nSPS) is 10.5. The van der Waals surface area contributed by atoms with E-state index in [9.17, 15) is 4.79 Å². The molecule has 0 aliphatic rings. The van der Waals surface area contributed by atoms with E-state index in [1.54, 1.807) is 23.1 Å². The van der Waals surface area contributed by atoms with Gasteiger partial charge in [-0.1, -0.05) is 18.2 Å². The second kappa shape index (κ2) is 5.81. The largest absolute Gasteiger partial charge is 0.319 e. The van der Waals surface area contributed by atoms with Crippen molar-refractivity contribution in [1.82, 2.24) is 14.8 Å². The Kier molecular flexibility index (Phi) is 3.70. The zero-order chi connectivity index (χ0) is 15.5. The van der Waals surface area contributed by atoms with Crippen LogP contribution in [0.5, 0.6) is 0 Å². The molecule has 5 heteroatoms. The number of benzene rings is 1. The maximum Gasteiger partial charge on any atom is 0.257 e. The monoisotopic (exact) mass is 292 g/mol. The van der Waals surface area contributed by atoms with E-state index in [0.29, 0.717) is 16.9 Å². The number of para-hydroxylation sites is 1. The lowest BCUT2D eigenvalue weighted by molar-refractivity contribution is 0.102. The lowest BCUT2D eigenvalue weighted by atomic mass is 10.1. The van der Waals surface area contributed by atoms with Gasteiger partial charge in [0.2, 0.25) is 0 Å². The van der Waals surface area contributed by atoms with Crippen LogP contribution in [-0.2, 0) is 0 Å². The minimum absolute atomic E-state index is 0.183. The maximum atomic E-state index is 12.3. The molecule has 0 bridgehead atoms. The van der Waals surface area contributed by atoms with Crippen LogP contribution in [0.3, 0.4) is 0 Å².